The minimum absolute atomic E-state index is 0.240. The molecule has 1 N–H and O–H groups in total. The Morgan fingerprint density at radius 1 is 1.41 bits per heavy atom. The largest absolute Gasteiger partial charge is 0.467 e. The highest BCUT2D eigenvalue weighted by atomic mass is 79.9. The van der Waals surface area contributed by atoms with Crippen molar-refractivity contribution in [2.24, 2.45) is 0 Å². The molecule has 0 aliphatic heterocycles. The van der Waals surface area contributed by atoms with Crippen LogP contribution in [0, 0.1) is 0 Å². The molecule has 0 bridgehead atoms. The van der Waals surface area contributed by atoms with Crippen molar-refractivity contribution in [3.05, 3.63) is 52.8 Å². The topological polar surface area (TPSA) is 81.7 Å². The van der Waals surface area contributed by atoms with Crippen LogP contribution in [-0.2, 0) is 20.9 Å². The van der Waals surface area contributed by atoms with Gasteiger partial charge in [0.05, 0.1) is 12.8 Å². The molecular formula is C15H14BrNO5. The zero-order valence-corrected chi connectivity index (χ0v) is 13.3. The number of halogens is 1. The minimum Gasteiger partial charge on any atom is -0.467 e. The first kappa shape index (κ1) is 16.1. The molecule has 0 radical (unpaired) electrons. The van der Waals surface area contributed by atoms with Gasteiger partial charge in [0.15, 0.2) is 10.8 Å². The Morgan fingerprint density at radius 2 is 2.23 bits per heavy atom. The number of nitrogens with one attached hydrogen (secondary N) is 1. The number of esters is 1. The van der Waals surface area contributed by atoms with Crippen molar-refractivity contribution in [2.75, 3.05) is 0 Å². The maximum atomic E-state index is 11.8. The lowest BCUT2D eigenvalue weighted by atomic mass is 10.3. The zero-order valence-electron chi connectivity index (χ0n) is 11.7. The predicted molar refractivity (Wildman–Crippen MR) is 81.6 cm³/mol. The number of hydrogen-bond donors (Lipinski definition) is 1. The van der Waals surface area contributed by atoms with E-state index in [1.807, 2.05) is 0 Å². The second-order valence-electron chi connectivity index (χ2n) is 4.35. The van der Waals surface area contributed by atoms with Crippen molar-refractivity contribution in [1.29, 1.82) is 0 Å². The molecule has 0 fully saturated rings. The molecule has 0 spiro atoms. The molecule has 0 aliphatic carbocycles. The second kappa shape index (κ2) is 7.65. The Balaban J connectivity index is 1.77. The summed E-state index contributed by atoms with van der Waals surface area (Å²) in [4.78, 5) is 23.4. The van der Waals surface area contributed by atoms with Crippen LogP contribution in [0.5, 0.6) is 0 Å². The van der Waals surface area contributed by atoms with Crippen molar-refractivity contribution in [3.63, 3.8) is 0 Å². The van der Waals surface area contributed by atoms with Gasteiger partial charge in [0.25, 0.3) is 5.91 Å². The first-order valence-electron chi connectivity index (χ1n) is 6.48. The zero-order chi connectivity index (χ0) is 15.9. The Labute approximate surface area is 135 Å². The van der Waals surface area contributed by atoms with Gasteiger partial charge in [0.2, 0.25) is 0 Å². The number of furan rings is 2. The lowest BCUT2D eigenvalue weighted by Crippen LogP contribution is -2.35. The molecule has 0 saturated heterocycles. The Kier molecular flexibility index (Phi) is 5.60. The first-order valence-corrected chi connectivity index (χ1v) is 7.28. The number of rotatable bonds is 6. The summed E-state index contributed by atoms with van der Waals surface area (Å²) in [6.45, 7) is 1.73. The van der Waals surface area contributed by atoms with Crippen LogP contribution in [0.4, 0.5) is 0 Å². The van der Waals surface area contributed by atoms with Crippen molar-refractivity contribution in [3.8, 4) is 0 Å². The summed E-state index contributed by atoms with van der Waals surface area (Å²) in [7, 11) is 0. The predicted octanol–water partition coefficient (Wildman–Crippen LogP) is 2.90. The summed E-state index contributed by atoms with van der Waals surface area (Å²) >= 11 is 3.15. The number of hydrogen-bond acceptors (Lipinski definition) is 5. The van der Waals surface area contributed by atoms with Crippen LogP contribution in [0.25, 0.3) is 6.08 Å². The fraction of sp³-hybridized carbons (Fsp3) is 0.200. The summed E-state index contributed by atoms with van der Waals surface area (Å²) in [6, 6.07) is 6.85. The van der Waals surface area contributed by atoms with E-state index in [1.165, 1.54) is 25.3 Å². The van der Waals surface area contributed by atoms with Crippen molar-refractivity contribution < 1.29 is 23.2 Å². The van der Waals surface area contributed by atoms with Crippen LogP contribution in [0.1, 0.15) is 18.4 Å². The Bertz CT molecular complexity index is 659. The van der Waals surface area contributed by atoms with E-state index < -0.39 is 18.0 Å². The first-order chi connectivity index (χ1) is 10.5. The van der Waals surface area contributed by atoms with E-state index in [-0.39, 0.29) is 6.54 Å². The van der Waals surface area contributed by atoms with Crippen LogP contribution >= 0.6 is 15.9 Å². The van der Waals surface area contributed by atoms with Crippen LogP contribution in [0.15, 0.2) is 50.1 Å². The van der Waals surface area contributed by atoms with Crippen molar-refractivity contribution in [1.82, 2.24) is 5.32 Å². The molecule has 22 heavy (non-hydrogen) atoms. The van der Waals surface area contributed by atoms with Gasteiger partial charge in [0.1, 0.15) is 11.5 Å². The summed E-state index contributed by atoms with van der Waals surface area (Å²) in [5, 5.41) is 2.61. The van der Waals surface area contributed by atoms with E-state index in [9.17, 15) is 9.59 Å². The highest BCUT2D eigenvalue weighted by molar-refractivity contribution is 9.10. The maximum Gasteiger partial charge on any atom is 0.331 e. The molecule has 1 amide bonds. The summed E-state index contributed by atoms with van der Waals surface area (Å²) in [5.74, 6) is 0.0842. The number of amides is 1. The molecule has 116 valence electrons. The fourth-order valence-corrected chi connectivity index (χ4v) is 1.89. The van der Waals surface area contributed by atoms with E-state index in [4.69, 9.17) is 13.6 Å². The van der Waals surface area contributed by atoms with Gasteiger partial charge in [-0.3, -0.25) is 4.79 Å². The minimum atomic E-state index is -0.907. The third-order valence-electron chi connectivity index (χ3n) is 2.66. The quantitative estimate of drug-likeness (QED) is 0.626. The third kappa shape index (κ3) is 4.92. The molecule has 0 saturated carbocycles. The normalized spacial score (nSPS) is 12.3. The Morgan fingerprint density at radius 3 is 2.86 bits per heavy atom. The molecule has 2 aromatic heterocycles. The average molecular weight is 368 g/mol. The lowest BCUT2D eigenvalue weighted by Gasteiger charge is -2.11. The maximum absolute atomic E-state index is 11.8. The molecule has 2 aromatic rings. The number of ether oxygens (including phenoxy) is 1. The van der Waals surface area contributed by atoms with Crippen molar-refractivity contribution in [2.45, 2.75) is 19.6 Å². The van der Waals surface area contributed by atoms with Gasteiger partial charge in [-0.05, 0) is 53.2 Å². The monoisotopic (exact) mass is 367 g/mol. The third-order valence-corrected chi connectivity index (χ3v) is 3.08. The molecule has 2 rings (SSSR count). The van der Waals surface area contributed by atoms with E-state index in [0.29, 0.717) is 16.2 Å². The van der Waals surface area contributed by atoms with Gasteiger partial charge in [-0.2, -0.15) is 0 Å². The molecule has 6 nitrogen and oxygen atoms in total. The van der Waals surface area contributed by atoms with Crippen LogP contribution in [0.3, 0.4) is 0 Å². The van der Waals surface area contributed by atoms with Gasteiger partial charge in [-0.15, -0.1) is 0 Å². The molecule has 7 heteroatoms. The number of carbonyl (C=O) groups excluding carboxylic acids is 2. The van der Waals surface area contributed by atoms with E-state index in [1.54, 1.807) is 24.3 Å². The van der Waals surface area contributed by atoms with Crippen molar-refractivity contribution >= 4 is 33.9 Å². The molecular weight excluding hydrogens is 354 g/mol. The van der Waals surface area contributed by atoms with Gasteiger partial charge in [0, 0.05) is 6.08 Å². The second-order valence-corrected chi connectivity index (χ2v) is 5.13. The molecule has 0 aliphatic rings. The SMILES string of the molecule is C[C@H](OC(=O)/C=C/c1ccc(Br)o1)C(=O)NCc1ccco1. The van der Waals surface area contributed by atoms with Gasteiger partial charge < -0.3 is 18.9 Å². The van der Waals surface area contributed by atoms with Gasteiger partial charge >= 0.3 is 5.97 Å². The van der Waals surface area contributed by atoms with E-state index in [0.717, 1.165) is 0 Å². The molecule has 2 heterocycles. The summed E-state index contributed by atoms with van der Waals surface area (Å²) < 4.78 is 15.8. The smallest absolute Gasteiger partial charge is 0.331 e. The van der Waals surface area contributed by atoms with Crippen LogP contribution < -0.4 is 5.32 Å². The number of carbonyl (C=O) groups is 2. The van der Waals surface area contributed by atoms with Crippen LogP contribution in [0.2, 0.25) is 0 Å². The average Bonchev–Trinajstić information content (AvgIpc) is 3.14. The highest BCUT2D eigenvalue weighted by Gasteiger charge is 2.16. The lowest BCUT2D eigenvalue weighted by molar-refractivity contribution is -0.150. The van der Waals surface area contributed by atoms with Gasteiger partial charge in [-0.1, -0.05) is 0 Å². The fourth-order valence-electron chi connectivity index (χ4n) is 1.57. The Hall–Kier alpha value is -2.28. The highest BCUT2D eigenvalue weighted by Crippen LogP contribution is 2.15. The van der Waals surface area contributed by atoms with Crippen LogP contribution in [-0.4, -0.2) is 18.0 Å². The summed E-state index contributed by atoms with van der Waals surface area (Å²) in [6.07, 6.45) is 3.26. The van der Waals surface area contributed by atoms with Gasteiger partial charge in [-0.25, -0.2) is 4.79 Å². The molecule has 0 unspecified atom stereocenters. The molecule has 1 atom stereocenters. The molecule has 0 aromatic carbocycles. The standard InChI is InChI=1S/C15H14BrNO5/c1-10(15(19)17-9-12-3-2-8-20-12)21-14(18)7-5-11-4-6-13(16)22-11/h2-8,10H,9H2,1H3,(H,17,19)/b7-5+/t10-/m0/s1. The summed E-state index contributed by atoms with van der Waals surface area (Å²) in [5.41, 5.74) is 0. The van der Waals surface area contributed by atoms with E-state index in [2.05, 4.69) is 21.2 Å². The van der Waals surface area contributed by atoms with E-state index >= 15 is 0 Å².